The fourth-order valence-corrected chi connectivity index (χ4v) is 8.49. The molecule has 3 aliphatic rings. The number of likely N-dealkylation sites (N-methyl/N-ethyl adjacent to an activating group) is 2. The van der Waals surface area contributed by atoms with Crippen LogP contribution >= 0.6 is 11.6 Å². The Morgan fingerprint density at radius 1 is 1.13 bits per heavy atom. The Kier molecular flexibility index (Phi) is 14.1. The van der Waals surface area contributed by atoms with E-state index < -0.39 is 78.1 Å². The van der Waals surface area contributed by atoms with Crippen molar-refractivity contribution in [1.82, 2.24) is 9.80 Å². The number of ether oxygens (including phenoxy) is 6. The number of carbonyl (C=O) groups is 3. The molecule has 1 aromatic rings. The van der Waals surface area contributed by atoms with Crippen molar-refractivity contribution in [3.05, 3.63) is 29.3 Å². The van der Waals surface area contributed by atoms with Crippen LogP contribution in [-0.2, 0) is 33.2 Å². The highest BCUT2D eigenvalue weighted by Gasteiger charge is 2.58. The molecule has 0 bridgehead atoms. The van der Waals surface area contributed by atoms with E-state index in [1.165, 1.54) is 0 Å². The Labute approximate surface area is 318 Å². The Bertz CT molecular complexity index is 1430. The number of cyclic esters (lactones) is 1. The first-order valence-electron chi connectivity index (χ1n) is 18.6. The van der Waals surface area contributed by atoms with Gasteiger partial charge in [0.05, 0.1) is 35.9 Å². The van der Waals surface area contributed by atoms with Gasteiger partial charge in [0.15, 0.2) is 24.1 Å². The molecule has 3 saturated heterocycles. The van der Waals surface area contributed by atoms with Crippen LogP contribution in [0.3, 0.4) is 0 Å². The highest BCUT2D eigenvalue weighted by Crippen LogP contribution is 2.40. The SMILES string of the molecule is CC[C@H]1OC(=O)[C@H](C)[C@@H](O)[C@H](C)[C@@H](O[C@@H]2O[C@H](C)C[C@H](N(C)C)[C@H]2OC(=O)Nc2cccc(Cl)c2)[C@](C)(O)C[C@@H](C)CN(C)[C@H](C)[C@H]2OC(=O)O[C@@]21C. The fourth-order valence-electron chi connectivity index (χ4n) is 8.30. The molecule has 3 fully saturated rings. The maximum absolute atomic E-state index is 13.8. The lowest BCUT2D eigenvalue weighted by atomic mass is 9.78. The van der Waals surface area contributed by atoms with Crippen molar-refractivity contribution in [3.63, 3.8) is 0 Å². The van der Waals surface area contributed by atoms with Crippen molar-refractivity contribution in [2.45, 2.75) is 141 Å². The number of nitrogens with zero attached hydrogens (tertiary/aromatic N) is 2. The summed E-state index contributed by atoms with van der Waals surface area (Å²) in [6.07, 6.45) is -7.12. The smallest absolute Gasteiger partial charge is 0.458 e. The van der Waals surface area contributed by atoms with Crippen molar-refractivity contribution < 1.29 is 53.0 Å². The summed E-state index contributed by atoms with van der Waals surface area (Å²) >= 11 is 6.13. The normalized spacial score (nSPS) is 40.6. The summed E-state index contributed by atoms with van der Waals surface area (Å²) in [5.74, 6) is -2.80. The molecule has 300 valence electrons. The average molecular weight is 770 g/mol. The molecule has 14 nitrogen and oxygen atoms in total. The van der Waals surface area contributed by atoms with Gasteiger partial charge in [-0.25, -0.2) is 9.59 Å². The van der Waals surface area contributed by atoms with Gasteiger partial charge in [-0.3, -0.25) is 15.0 Å². The molecular weight excluding hydrogens is 710 g/mol. The second-order valence-electron chi connectivity index (χ2n) is 16.0. The maximum atomic E-state index is 13.8. The number of esters is 1. The molecule has 0 saturated carbocycles. The number of nitrogens with one attached hydrogen (secondary N) is 1. The van der Waals surface area contributed by atoms with Crippen molar-refractivity contribution >= 4 is 35.5 Å². The third-order valence-corrected chi connectivity index (χ3v) is 11.4. The van der Waals surface area contributed by atoms with E-state index >= 15 is 0 Å². The Morgan fingerprint density at radius 2 is 1.81 bits per heavy atom. The second-order valence-corrected chi connectivity index (χ2v) is 16.5. The van der Waals surface area contributed by atoms with Gasteiger partial charge in [-0.1, -0.05) is 38.4 Å². The monoisotopic (exact) mass is 769 g/mol. The Hall–Kier alpha value is -2.72. The fraction of sp³-hybridized carbons (Fsp3) is 0.763. The van der Waals surface area contributed by atoms with Crippen molar-refractivity contribution in [1.29, 1.82) is 0 Å². The van der Waals surface area contributed by atoms with Gasteiger partial charge in [0.1, 0.15) is 6.10 Å². The van der Waals surface area contributed by atoms with Crippen molar-refractivity contribution in [2.24, 2.45) is 17.8 Å². The molecule has 1 amide bonds. The molecule has 0 spiro atoms. The summed E-state index contributed by atoms with van der Waals surface area (Å²) in [6.45, 7) is 14.7. The third kappa shape index (κ3) is 9.94. The summed E-state index contributed by atoms with van der Waals surface area (Å²) in [7, 11) is 5.63. The third-order valence-electron chi connectivity index (χ3n) is 11.2. The molecule has 14 atom stereocenters. The van der Waals surface area contributed by atoms with E-state index in [1.807, 2.05) is 58.6 Å². The summed E-state index contributed by atoms with van der Waals surface area (Å²) in [6, 6.07) is 5.97. The number of rotatable bonds is 6. The van der Waals surface area contributed by atoms with Crippen LogP contribution in [0.4, 0.5) is 15.3 Å². The van der Waals surface area contributed by atoms with E-state index in [4.69, 9.17) is 40.0 Å². The zero-order valence-corrected chi connectivity index (χ0v) is 33.7. The van der Waals surface area contributed by atoms with E-state index in [2.05, 4.69) is 5.32 Å². The van der Waals surface area contributed by atoms with Crippen molar-refractivity contribution in [3.8, 4) is 0 Å². The van der Waals surface area contributed by atoms with Gasteiger partial charge >= 0.3 is 18.2 Å². The quantitative estimate of drug-likeness (QED) is 0.260. The first kappa shape index (κ1) is 43.0. The van der Waals surface area contributed by atoms with Gasteiger partial charge in [0.25, 0.3) is 0 Å². The van der Waals surface area contributed by atoms with Gasteiger partial charge in [-0.15, -0.1) is 0 Å². The minimum Gasteiger partial charge on any atom is -0.458 e. The first-order chi connectivity index (χ1) is 24.7. The number of hydrogen-bond donors (Lipinski definition) is 3. The summed E-state index contributed by atoms with van der Waals surface area (Å²) in [5, 5.41) is 27.4. The number of carbonyl (C=O) groups excluding carboxylic acids is 3. The number of anilines is 1. The number of benzene rings is 1. The van der Waals surface area contributed by atoms with Crippen LogP contribution in [0.25, 0.3) is 0 Å². The summed E-state index contributed by atoms with van der Waals surface area (Å²) in [4.78, 5) is 43.6. The van der Waals surface area contributed by atoms with Crippen LogP contribution in [-0.4, -0.2) is 132 Å². The largest absolute Gasteiger partial charge is 0.509 e. The topological polar surface area (TPSA) is 166 Å². The summed E-state index contributed by atoms with van der Waals surface area (Å²) < 4.78 is 36.5. The molecule has 3 aliphatic heterocycles. The standard InChI is InChI=1S/C38H60ClN3O11/c1-12-28-38(8)32(52-36(46)53-38)24(6)42(11)19-20(2)18-37(7,47)31(22(4)29(43)23(5)33(44)49-28)51-34-30(27(41(9)10)16-21(3)48-34)50-35(45)40-26-15-13-14-25(39)17-26/h13-15,17,20-24,27-32,34,43,47H,12,16,18-19H2,1-11H3,(H,40,45)/t20-,21-,22+,23-,24-,27+,28-,29+,30-,31-,32-,34+,37-,38-/m1/s1. The Balaban J connectivity index is 1.70. The number of hydrogen-bond acceptors (Lipinski definition) is 13. The minimum absolute atomic E-state index is 0.143. The lowest BCUT2D eigenvalue weighted by Crippen LogP contribution is -2.60. The van der Waals surface area contributed by atoms with Crippen LogP contribution in [0.2, 0.25) is 5.02 Å². The number of aliphatic hydroxyl groups is 2. The molecule has 0 aromatic heterocycles. The molecule has 53 heavy (non-hydrogen) atoms. The molecule has 4 rings (SSSR count). The van der Waals surface area contributed by atoms with Crippen LogP contribution in [0.15, 0.2) is 24.3 Å². The van der Waals surface area contributed by atoms with Gasteiger partial charge in [-0.2, -0.15) is 0 Å². The second kappa shape index (κ2) is 17.4. The number of halogens is 1. The molecule has 0 radical (unpaired) electrons. The van der Waals surface area contributed by atoms with E-state index in [0.29, 0.717) is 30.1 Å². The van der Waals surface area contributed by atoms with Gasteiger partial charge in [0.2, 0.25) is 0 Å². The lowest BCUT2D eigenvalue weighted by molar-refractivity contribution is -0.297. The number of fused-ring (bicyclic) bond motifs is 1. The van der Waals surface area contributed by atoms with E-state index in [0.717, 1.165) is 0 Å². The van der Waals surface area contributed by atoms with Crippen LogP contribution in [0, 0.1) is 17.8 Å². The molecule has 0 aliphatic carbocycles. The highest BCUT2D eigenvalue weighted by molar-refractivity contribution is 6.30. The van der Waals surface area contributed by atoms with Crippen LogP contribution < -0.4 is 5.32 Å². The molecule has 1 aromatic carbocycles. The molecule has 3 heterocycles. The number of aliphatic hydroxyl groups excluding tert-OH is 1. The van der Waals surface area contributed by atoms with Crippen molar-refractivity contribution in [2.75, 3.05) is 33.0 Å². The molecular formula is C38H60ClN3O11. The van der Waals surface area contributed by atoms with E-state index in [-0.39, 0.29) is 30.5 Å². The van der Waals surface area contributed by atoms with Gasteiger partial charge in [0, 0.05) is 29.2 Å². The molecule has 0 unspecified atom stereocenters. The zero-order valence-electron chi connectivity index (χ0n) is 32.9. The highest BCUT2D eigenvalue weighted by atomic mass is 35.5. The van der Waals surface area contributed by atoms with Crippen LogP contribution in [0.5, 0.6) is 0 Å². The zero-order chi connectivity index (χ0) is 39.6. The molecule has 3 N–H and O–H groups in total. The van der Waals surface area contributed by atoms with Crippen LogP contribution in [0.1, 0.15) is 74.7 Å². The van der Waals surface area contributed by atoms with Gasteiger partial charge in [-0.05, 0) is 99.1 Å². The Morgan fingerprint density at radius 3 is 2.43 bits per heavy atom. The maximum Gasteiger partial charge on any atom is 0.509 e. The van der Waals surface area contributed by atoms with E-state index in [1.54, 1.807) is 52.0 Å². The minimum atomic E-state index is -1.59. The van der Waals surface area contributed by atoms with Gasteiger partial charge < -0.3 is 43.5 Å². The predicted molar refractivity (Wildman–Crippen MR) is 197 cm³/mol. The lowest BCUT2D eigenvalue weighted by Gasteiger charge is -2.47. The first-order valence-corrected chi connectivity index (χ1v) is 19.0. The average Bonchev–Trinajstić information content (AvgIpc) is 3.38. The molecule has 15 heteroatoms. The van der Waals surface area contributed by atoms with E-state index in [9.17, 15) is 24.6 Å². The number of amides is 1. The summed E-state index contributed by atoms with van der Waals surface area (Å²) in [5.41, 5.74) is -2.45. The predicted octanol–water partition coefficient (Wildman–Crippen LogP) is 5.07.